The molecule has 1 N–H and O–H groups in total. The van der Waals surface area contributed by atoms with Gasteiger partial charge in [-0.15, -0.1) is 0 Å². The van der Waals surface area contributed by atoms with Gasteiger partial charge in [-0.1, -0.05) is 11.8 Å². The molecule has 1 unspecified atom stereocenters. The van der Waals surface area contributed by atoms with E-state index >= 15 is 0 Å². The summed E-state index contributed by atoms with van der Waals surface area (Å²) in [4.78, 5) is 8.88. The topological polar surface area (TPSA) is 37.8 Å². The Hall–Kier alpha value is -0.610. The van der Waals surface area contributed by atoms with Crippen molar-refractivity contribution in [2.75, 3.05) is 19.8 Å². The van der Waals surface area contributed by atoms with Crippen LogP contribution in [0, 0.1) is 0 Å². The summed E-state index contributed by atoms with van der Waals surface area (Å²) in [6.45, 7) is 1.03. The highest BCUT2D eigenvalue weighted by atomic mass is 32.2. The van der Waals surface area contributed by atoms with Gasteiger partial charge in [-0.05, 0) is 31.7 Å². The van der Waals surface area contributed by atoms with Crippen LogP contribution in [0.25, 0.3) is 0 Å². The van der Waals surface area contributed by atoms with Crippen molar-refractivity contribution in [3.05, 3.63) is 17.5 Å². The minimum Gasteiger partial charge on any atom is -0.319 e. The number of hydrogen-bond donors (Lipinski definition) is 1. The molecule has 4 heteroatoms. The molecule has 0 saturated carbocycles. The van der Waals surface area contributed by atoms with Gasteiger partial charge in [-0.25, -0.2) is 9.97 Å². The number of rotatable bonds is 3. The first-order valence-electron chi connectivity index (χ1n) is 4.89. The van der Waals surface area contributed by atoms with Crippen LogP contribution in [0.5, 0.6) is 0 Å². The lowest BCUT2D eigenvalue weighted by atomic mass is 10.1. The number of nitrogens with zero attached hydrogens (tertiary/aromatic N) is 2. The van der Waals surface area contributed by atoms with Crippen molar-refractivity contribution >= 4 is 11.8 Å². The van der Waals surface area contributed by atoms with Crippen molar-refractivity contribution in [3.63, 3.8) is 0 Å². The largest absolute Gasteiger partial charge is 0.319 e. The van der Waals surface area contributed by atoms with E-state index in [2.05, 4.69) is 15.3 Å². The molecule has 3 nitrogen and oxygen atoms in total. The molecule has 2 rings (SSSR count). The first-order chi connectivity index (χ1) is 6.85. The van der Waals surface area contributed by atoms with E-state index < -0.39 is 0 Å². The standard InChI is InChI=1S/C10H15N3S/c1-11-5-7-3-4-8-6-12-10(14-2)13-9(7)8/h6-7,11H,3-5H2,1-2H3. The van der Waals surface area contributed by atoms with E-state index in [1.165, 1.54) is 17.7 Å². The number of hydrogen-bond acceptors (Lipinski definition) is 4. The Bertz CT molecular complexity index is 325. The molecule has 1 heterocycles. The van der Waals surface area contributed by atoms with Crippen LogP contribution in [-0.4, -0.2) is 29.8 Å². The molecule has 1 atom stereocenters. The molecule has 1 aromatic heterocycles. The SMILES string of the molecule is CNCC1CCc2cnc(SC)nc21. The van der Waals surface area contributed by atoms with Crippen molar-refractivity contribution in [1.29, 1.82) is 0 Å². The van der Waals surface area contributed by atoms with E-state index in [-0.39, 0.29) is 0 Å². The molecule has 0 saturated heterocycles. The highest BCUT2D eigenvalue weighted by Crippen LogP contribution is 2.31. The van der Waals surface area contributed by atoms with Gasteiger partial charge < -0.3 is 5.32 Å². The van der Waals surface area contributed by atoms with Crippen LogP contribution in [0.1, 0.15) is 23.6 Å². The molecule has 0 spiro atoms. The zero-order valence-corrected chi connectivity index (χ0v) is 9.40. The fourth-order valence-corrected chi connectivity index (χ4v) is 2.31. The fraction of sp³-hybridized carbons (Fsp3) is 0.600. The quantitative estimate of drug-likeness (QED) is 0.604. The molecular formula is C10H15N3S. The van der Waals surface area contributed by atoms with Gasteiger partial charge in [0, 0.05) is 18.7 Å². The number of nitrogens with one attached hydrogen (secondary N) is 1. The van der Waals surface area contributed by atoms with E-state index in [4.69, 9.17) is 0 Å². The van der Waals surface area contributed by atoms with Crippen LogP contribution in [0.15, 0.2) is 11.4 Å². The summed E-state index contributed by atoms with van der Waals surface area (Å²) < 4.78 is 0. The third-order valence-corrected chi connectivity index (χ3v) is 3.22. The number of fused-ring (bicyclic) bond motifs is 1. The Balaban J connectivity index is 2.27. The van der Waals surface area contributed by atoms with E-state index in [0.717, 1.165) is 18.1 Å². The number of aryl methyl sites for hydroxylation is 1. The summed E-state index contributed by atoms with van der Waals surface area (Å²) in [5, 5.41) is 4.12. The first-order valence-corrected chi connectivity index (χ1v) is 6.12. The van der Waals surface area contributed by atoms with Gasteiger partial charge >= 0.3 is 0 Å². The second-order valence-corrected chi connectivity index (χ2v) is 4.33. The summed E-state index contributed by atoms with van der Waals surface area (Å²) in [5.74, 6) is 0.587. The molecule has 0 radical (unpaired) electrons. The van der Waals surface area contributed by atoms with Crippen molar-refractivity contribution in [2.45, 2.75) is 23.9 Å². The van der Waals surface area contributed by atoms with Crippen LogP contribution >= 0.6 is 11.8 Å². The summed E-state index contributed by atoms with van der Waals surface area (Å²) in [5.41, 5.74) is 2.60. The Morgan fingerprint density at radius 3 is 3.21 bits per heavy atom. The summed E-state index contributed by atoms with van der Waals surface area (Å²) >= 11 is 1.61. The van der Waals surface area contributed by atoms with Crippen molar-refractivity contribution in [2.24, 2.45) is 0 Å². The molecule has 0 amide bonds. The summed E-state index contributed by atoms with van der Waals surface area (Å²) in [7, 11) is 1.99. The highest BCUT2D eigenvalue weighted by Gasteiger charge is 2.23. The molecule has 14 heavy (non-hydrogen) atoms. The van der Waals surface area contributed by atoms with Crippen molar-refractivity contribution in [3.8, 4) is 0 Å². The third kappa shape index (κ3) is 1.77. The molecular weight excluding hydrogens is 194 g/mol. The molecule has 0 fully saturated rings. The van der Waals surface area contributed by atoms with Crippen molar-refractivity contribution in [1.82, 2.24) is 15.3 Å². The molecule has 1 aliphatic carbocycles. The molecule has 1 aromatic rings. The van der Waals surface area contributed by atoms with Gasteiger partial charge in [0.25, 0.3) is 0 Å². The molecule has 76 valence electrons. The Kier molecular flexibility index (Phi) is 3.03. The predicted octanol–water partition coefficient (Wildman–Crippen LogP) is 1.45. The summed E-state index contributed by atoms with van der Waals surface area (Å²) in [6.07, 6.45) is 6.35. The van der Waals surface area contributed by atoms with E-state index in [1.54, 1.807) is 11.8 Å². The Morgan fingerprint density at radius 2 is 2.50 bits per heavy atom. The zero-order chi connectivity index (χ0) is 9.97. The lowest BCUT2D eigenvalue weighted by Crippen LogP contribution is -2.16. The van der Waals surface area contributed by atoms with E-state index in [0.29, 0.717) is 5.92 Å². The minimum absolute atomic E-state index is 0.587. The monoisotopic (exact) mass is 209 g/mol. The average Bonchev–Trinajstić information content (AvgIpc) is 2.61. The smallest absolute Gasteiger partial charge is 0.187 e. The molecule has 0 aromatic carbocycles. The predicted molar refractivity (Wildman–Crippen MR) is 58.8 cm³/mol. The van der Waals surface area contributed by atoms with Gasteiger partial charge in [0.05, 0.1) is 5.69 Å². The first kappa shape index (κ1) is 9.93. The number of likely N-dealkylation sites (N-methyl/N-ethyl adjacent to an activating group) is 1. The van der Waals surface area contributed by atoms with Gasteiger partial charge in [0.15, 0.2) is 5.16 Å². The molecule has 0 bridgehead atoms. The number of aromatic nitrogens is 2. The van der Waals surface area contributed by atoms with Gasteiger partial charge in [-0.3, -0.25) is 0 Å². The highest BCUT2D eigenvalue weighted by molar-refractivity contribution is 7.98. The minimum atomic E-state index is 0.587. The molecule has 0 aliphatic heterocycles. The lowest BCUT2D eigenvalue weighted by Gasteiger charge is -2.09. The maximum absolute atomic E-state index is 4.58. The second kappa shape index (κ2) is 4.28. The Labute approximate surface area is 88.7 Å². The van der Waals surface area contributed by atoms with Crippen LogP contribution in [0.2, 0.25) is 0 Å². The molecule has 1 aliphatic rings. The van der Waals surface area contributed by atoms with Crippen LogP contribution in [-0.2, 0) is 6.42 Å². The average molecular weight is 209 g/mol. The maximum Gasteiger partial charge on any atom is 0.187 e. The zero-order valence-electron chi connectivity index (χ0n) is 8.58. The van der Waals surface area contributed by atoms with Gasteiger partial charge in [-0.2, -0.15) is 0 Å². The van der Waals surface area contributed by atoms with Crippen LogP contribution < -0.4 is 5.32 Å². The van der Waals surface area contributed by atoms with Crippen LogP contribution in [0.3, 0.4) is 0 Å². The van der Waals surface area contributed by atoms with E-state index in [1.807, 2.05) is 19.5 Å². The Morgan fingerprint density at radius 1 is 1.64 bits per heavy atom. The normalized spacial score (nSPS) is 19.7. The lowest BCUT2D eigenvalue weighted by molar-refractivity contribution is 0.608. The van der Waals surface area contributed by atoms with E-state index in [9.17, 15) is 0 Å². The maximum atomic E-state index is 4.58. The third-order valence-electron chi connectivity index (χ3n) is 2.66. The second-order valence-electron chi connectivity index (χ2n) is 3.56. The fourth-order valence-electron chi connectivity index (χ4n) is 1.96. The number of thioether (sulfide) groups is 1. The van der Waals surface area contributed by atoms with Crippen LogP contribution in [0.4, 0.5) is 0 Å². The summed E-state index contributed by atoms with van der Waals surface area (Å²) in [6, 6.07) is 0. The van der Waals surface area contributed by atoms with Gasteiger partial charge in [0.2, 0.25) is 0 Å². The van der Waals surface area contributed by atoms with Gasteiger partial charge in [0.1, 0.15) is 0 Å². The van der Waals surface area contributed by atoms with Crippen molar-refractivity contribution < 1.29 is 0 Å².